The van der Waals surface area contributed by atoms with Crippen molar-refractivity contribution in [3.8, 4) is 5.75 Å². The number of ether oxygens (including phenoxy) is 1. The highest BCUT2D eigenvalue weighted by Crippen LogP contribution is 2.32. The van der Waals surface area contributed by atoms with Gasteiger partial charge in [0.2, 0.25) is 0 Å². The molecule has 3 aromatic rings. The summed E-state index contributed by atoms with van der Waals surface area (Å²) in [6.45, 7) is 0. The lowest BCUT2D eigenvalue weighted by molar-refractivity contribution is 0.414. The molecule has 1 aromatic carbocycles. The van der Waals surface area contributed by atoms with Crippen LogP contribution in [0.3, 0.4) is 0 Å². The minimum Gasteiger partial charge on any atom is -0.497 e. The highest BCUT2D eigenvalue weighted by atomic mass is 32.2. The third-order valence-electron chi connectivity index (χ3n) is 2.82. The van der Waals surface area contributed by atoms with E-state index < -0.39 is 0 Å². The Morgan fingerprint density at radius 2 is 1.78 bits per heavy atom. The lowest BCUT2D eigenvalue weighted by Crippen LogP contribution is -1.81. The summed E-state index contributed by atoms with van der Waals surface area (Å²) in [5.74, 6) is 0.890. The fourth-order valence-corrected chi connectivity index (χ4v) is 2.82. The Morgan fingerprint density at radius 3 is 2.56 bits per heavy atom. The summed E-state index contributed by atoms with van der Waals surface area (Å²) in [4.78, 5) is 2.48. The monoisotopic (exact) mass is 255 g/mol. The first-order valence-electron chi connectivity index (χ1n) is 5.74. The summed E-state index contributed by atoms with van der Waals surface area (Å²) >= 11 is 1.77. The average Bonchev–Trinajstić information content (AvgIpc) is 2.83. The zero-order chi connectivity index (χ0) is 12.4. The normalized spacial score (nSPS) is 10.7. The van der Waals surface area contributed by atoms with Gasteiger partial charge in [0, 0.05) is 22.2 Å². The van der Waals surface area contributed by atoms with Crippen molar-refractivity contribution in [1.82, 2.24) is 4.40 Å². The summed E-state index contributed by atoms with van der Waals surface area (Å²) in [5.41, 5.74) is 1.23. The fraction of sp³-hybridized carbons (Fsp3) is 0.0667. The number of methoxy groups -OCH3 is 1. The van der Waals surface area contributed by atoms with Crippen molar-refractivity contribution in [3.05, 3.63) is 60.9 Å². The smallest absolute Gasteiger partial charge is 0.118 e. The molecule has 0 aliphatic rings. The van der Waals surface area contributed by atoms with E-state index in [-0.39, 0.29) is 0 Å². The summed E-state index contributed by atoms with van der Waals surface area (Å²) in [5, 5.41) is 0. The van der Waals surface area contributed by atoms with Gasteiger partial charge in [-0.2, -0.15) is 0 Å². The van der Waals surface area contributed by atoms with Gasteiger partial charge in [0.1, 0.15) is 5.75 Å². The molecule has 0 unspecified atom stereocenters. The van der Waals surface area contributed by atoms with Crippen LogP contribution >= 0.6 is 11.8 Å². The van der Waals surface area contributed by atoms with E-state index in [4.69, 9.17) is 4.74 Å². The number of benzene rings is 1. The second kappa shape index (κ2) is 4.78. The zero-order valence-electron chi connectivity index (χ0n) is 10.0. The molecule has 3 rings (SSSR count). The second-order valence-corrected chi connectivity index (χ2v) is 5.07. The molecular weight excluding hydrogens is 242 g/mol. The van der Waals surface area contributed by atoms with Crippen LogP contribution in [0, 0.1) is 0 Å². The van der Waals surface area contributed by atoms with Gasteiger partial charge in [-0.05, 0) is 42.5 Å². The van der Waals surface area contributed by atoms with E-state index in [9.17, 15) is 0 Å². The van der Waals surface area contributed by atoms with Crippen LogP contribution in [0.2, 0.25) is 0 Å². The van der Waals surface area contributed by atoms with Crippen LogP contribution in [0.5, 0.6) is 5.75 Å². The highest BCUT2D eigenvalue weighted by Gasteiger charge is 2.03. The highest BCUT2D eigenvalue weighted by molar-refractivity contribution is 7.99. The van der Waals surface area contributed by atoms with Crippen LogP contribution in [-0.4, -0.2) is 11.5 Å². The molecule has 0 N–H and O–H groups in total. The van der Waals surface area contributed by atoms with Crippen molar-refractivity contribution < 1.29 is 4.74 Å². The Hall–Kier alpha value is -1.87. The Labute approximate surface area is 110 Å². The molecule has 0 saturated carbocycles. The number of hydrogen-bond donors (Lipinski definition) is 0. The first kappa shape index (κ1) is 11.2. The molecule has 2 nitrogen and oxygen atoms in total. The van der Waals surface area contributed by atoms with Crippen LogP contribution < -0.4 is 4.74 Å². The van der Waals surface area contributed by atoms with Gasteiger partial charge >= 0.3 is 0 Å². The van der Waals surface area contributed by atoms with Gasteiger partial charge in [-0.1, -0.05) is 17.8 Å². The zero-order valence-corrected chi connectivity index (χ0v) is 10.9. The maximum atomic E-state index is 5.16. The third kappa shape index (κ3) is 2.09. The maximum Gasteiger partial charge on any atom is 0.118 e. The molecule has 2 aromatic heterocycles. The predicted octanol–water partition coefficient (Wildman–Crippen LogP) is 4.10. The topological polar surface area (TPSA) is 13.6 Å². The molecule has 90 valence electrons. The summed E-state index contributed by atoms with van der Waals surface area (Å²) in [7, 11) is 1.68. The minimum atomic E-state index is 0.890. The molecular formula is C15H13NOS. The van der Waals surface area contributed by atoms with Gasteiger partial charge in [0.25, 0.3) is 0 Å². The Kier molecular flexibility index (Phi) is 2.99. The van der Waals surface area contributed by atoms with Crippen LogP contribution in [0.1, 0.15) is 0 Å². The molecule has 18 heavy (non-hydrogen) atoms. The fourth-order valence-electron chi connectivity index (χ4n) is 1.89. The number of aromatic nitrogens is 1. The van der Waals surface area contributed by atoms with E-state index in [1.807, 2.05) is 18.2 Å². The quantitative estimate of drug-likeness (QED) is 0.699. The largest absolute Gasteiger partial charge is 0.497 e. The Morgan fingerprint density at radius 1 is 0.944 bits per heavy atom. The Balaban J connectivity index is 1.91. The average molecular weight is 255 g/mol. The molecule has 2 heterocycles. The minimum absolute atomic E-state index is 0.890. The molecule has 0 fully saturated rings. The molecule has 0 saturated heterocycles. The molecule has 0 bridgehead atoms. The summed E-state index contributed by atoms with van der Waals surface area (Å²) in [6, 6.07) is 16.5. The van der Waals surface area contributed by atoms with Crippen LogP contribution in [0.4, 0.5) is 0 Å². The van der Waals surface area contributed by atoms with Gasteiger partial charge in [0.05, 0.1) is 12.6 Å². The predicted molar refractivity (Wildman–Crippen MR) is 74.5 cm³/mol. The van der Waals surface area contributed by atoms with Gasteiger partial charge in [-0.3, -0.25) is 0 Å². The molecule has 0 amide bonds. The van der Waals surface area contributed by atoms with Crippen LogP contribution in [0.25, 0.3) is 5.52 Å². The number of pyridine rings is 1. The molecule has 0 radical (unpaired) electrons. The van der Waals surface area contributed by atoms with Crippen molar-refractivity contribution in [2.45, 2.75) is 9.79 Å². The van der Waals surface area contributed by atoms with Crippen molar-refractivity contribution in [3.63, 3.8) is 0 Å². The Bertz CT molecular complexity index is 658. The van der Waals surface area contributed by atoms with Crippen LogP contribution in [0.15, 0.2) is 70.7 Å². The SMILES string of the molecule is COc1ccc(Sc2ccn3ccccc23)cc1. The maximum absolute atomic E-state index is 5.16. The van der Waals surface area contributed by atoms with E-state index in [2.05, 4.69) is 47.1 Å². The van der Waals surface area contributed by atoms with Gasteiger partial charge in [0.15, 0.2) is 0 Å². The standard InChI is InChI=1S/C15H13NOS/c1-17-12-5-7-13(8-6-12)18-15-9-11-16-10-3-2-4-14(15)16/h2-11H,1H3. The van der Waals surface area contributed by atoms with Crippen LogP contribution in [-0.2, 0) is 0 Å². The van der Waals surface area contributed by atoms with Crippen molar-refractivity contribution in [1.29, 1.82) is 0 Å². The molecule has 0 aliphatic carbocycles. The molecule has 0 aliphatic heterocycles. The number of hydrogen-bond acceptors (Lipinski definition) is 2. The third-order valence-corrected chi connectivity index (χ3v) is 3.89. The van der Waals surface area contributed by atoms with Crippen molar-refractivity contribution in [2.24, 2.45) is 0 Å². The van der Waals surface area contributed by atoms with Crippen molar-refractivity contribution in [2.75, 3.05) is 7.11 Å². The van der Waals surface area contributed by atoms with E-state index >= 15 is 0 Å². The number of fused-ring (bicyclic) bond motifs is 1. The summed E-state index contributed by atoms with van der Waals surface area (Å²) < 4.78 is 7.29. The van der Waals surface area contributed by atoms with E-state index in [0.29, 0.717) is 0 Å². The van der Waals surface area contributed by atoms with Crippen molar-refractivity contribution >= 4 is 17.3 Å². The molecule has 0 spiro atoms. The second-order valence-electron chi connectivity index (χ2n) is 3.95. The van der Waals surface area contributed by atoms with Gasteiger partial charge < -0.3 is 9.14 Å². The van der Waals surface area contributed by atoms with Gasteiger partial charge in [-0.15, -0.1) is 0 Å². The lowest BCUT2D eigenvalue weighted by atomic mass is 10.3. The van der Waals surface area contributed by atoms with E-state index in [1.54, 1.807) is 18.9 Å². The van der Waals surface area contributed by atoms with Gasteiger partial charge in [-0.25, -0.2) is 0 Å². The van der Waals surface area contributed by atoms with E-state index in [1.165, 1.54) is 15.3 Å². The first-order valence-corrected chi connectivity index (χ1v) is 6.56. The molecule has 0 atom stereocenters. The number of rotatable bonds is 3. The van der Waals surface area contributed by atoms with E-state index in [0.717, 1.165) is 5.75 Å². The lowest BCUT2D eigenvalue weighted by Gasteiger charge is -2.03. The number of nitrogens with zero attached hydrogens (tertiary/aromatic N) is 1. The molecule has 3 heteroatoms. The first-order chi connectivity index (χ1) is 8.86. The summed E-state index contributed by atoms with van der Waals surface area (Å²) in [6.07, 6.45) is 4.15.